The molecule has 0 saturated carbocycles. The second-order valence-corrected chi connectivity index (χ2v) is 6.14. The lowest BCUT2D eigenvalue weighted by molar-refractivity contribution is 0.0949. The van der Waals surface area contributed by atoms with E-state index in [0.717, 1.165) is 22.1 Å². The highest BCUT2D eigenvalue weighted by Crippen LogP contribution is 2.21. The molecule has 0 aliphatic rings. The molecule has 27 heavy (non-hydrogen) atoms. The quantitative estimate of drug-likeness (QED) is 0.608. The Bertz CT molecular complexity index is 1210. The van der Waals surface area contributed by atoms with Gasteiger partial charge < -0.3 is 10.1 Å². The van der Waals surface area contributed by atoms with Crippen molar-refractivity contribution in [3.05, 3.63) is 88.5 Å². The molecule has 1 amide bonds. The van der Waals surface area contributed by atoms with E-state index in [4.69, 9.17) is 4.74 Å². The van der Waals surface area contributed by atoms with Crippen molar-refractivity contribution < 1.29 is 9.53 Å². The number of nitrogens with zero attached hydrogens (tertiary/aromatic N) is 2. The van der Waals surface area contributed by atoms with Crippen molar-refractivity contribution in [1.29, 1.82) is 0 Å². The normalized spacial score (nSPS) is 10.9. The van der Waals surface area contributed by atoms with E-state index in [1.807, 2.05) is 36.4 Å². The summed E-state index contributed by atoms with van der Waals surface area (Å²) in [6.45, 7) is 0.317. The molecule has 6 nitrogen and oxygen atoms in total. The van der Waals surface area contributed by atoms with Gasteiger partial charge in [-0.05, 0) is 46.7 Å². The lowest BCUT2D eigenvalue weighted by atomic mass is 10.1. The highest BCUT2D eigenvalue weighted by atomic mass is 16.5. The molecule has 4 rings (SSSR count). The van der Waals surface area contributed by atoms with Crippen molar-refractivity contribution >= 4 is 22.3 Å². The minimum atomic E-state index is -0.444. The maximum absolute atomic E-state index is 12.5. The van der Waals surface area contributed by atoms with Gasteiger partial charge in [0.2, 0.25) is 0 Å². The Labute approximate surface area is 155 Å². The van der Waals surface area contributed by atoms with E-state index in [2.05, 4.69) is 10.3 Å². The lowest BCUT2D eigenvalue weighted by Gasteiger charge is -2.08. The van der Waals surface area contributed by atoms with Crippen LogP contribution in [0.1, 0.15) is 15.9 Å². The zero-order valence-electron chi connectivity index (χ0n) is 14.7. The van der Waals surface area contributed by atoms with Gasteiger partial charge in [-0.25, -0.2) is 4.98 Å². The van der Waals surface area contributed by atoms with Crippen LogP contribution in [0.5, 0.6) is 5.75 Å². The highest BCUT2D eigenvalue weighted by Gasteiger charge is 2.13. The van der Waals surface area contributed by atoms with Crippen LogP contribution in [0.15, 0.2) is 71.8 Å². The third-order valence-electron chi connectivity index (χ3n) is 4.42. The third kappa shape index (κ3) is 3.25. The number of rotatable bonds is 4. The topological polar surface area (TPSA) is 72.7 Å². The summed E-state index contributed by atoms with van der Waals surface area (Å²) in [6.07, 6.45) is 2.92. The van der Waals surface area contributed by atoms with Crippen molar-refractivity contribution in [2.45, 2.75) is 6.54 Å². The molecule has 4 aromatic rings. The molecular weight excluding hydrogens is 342 g/mol. The zero-order chi connectivity index (χ0) is 18.8. The van der Waals surface area contributed by atoms with Crippen LogP contribution in [0.25, 0.3) is 16.4 Å². The number of amides is 1. The van der Waals surface area contributed by atoms with Gasteiger partial charge in [0.1, 0.15) is 17.0 Å². The molecule has 6 heteroatoms. The summed E-state index contributed by atoms with van der Waals surface area (Å²) in [5.41, 5.74) is 1.08. The fourth-order valence-corrected chi connectivity index (χ4v) is 2.97. The second-order valence-electron chi connectivity index (χ2n) is 6.14. The van der Waals surface area contributed by atoms with Gasteiger partial charge >= 0.3 is 0 Å². The number of benzene rings is 2. The Balaban J connectivity index is 1.55. The van der Waals surface area contributed by atoms with Crippen molar-refractivity contribution in [2.75, 3.05) is 7.11 Å². The molecule has 2 aromatic heterocycles. The molecule has 0 aliphatic carbocycles. The Kier molecular flexibility index (Phi) is 4.30. The summed E-state index contributed by atoms with van der Waals surface area (Å²) in [4.78, 5) is 29.1. The van der Waals surface area contributed by atoms with Crippen LogP contribution in [-0.4, -0.2) is 22.4 Å². The van der Waals surface area contributed by atoms with E-state index in [-0.39, 0.29) is 11.1 Å². The summed E-state index contributed by atoms with van der Waals surface area (Å²) < 4.78 is 6.59. The number of pyridine rings is 1. The minimum absolute atomic E-state index is 0.0178. The standard InChI is InChI=1S/C21H17N3O3/c1-27-17-8-7-15-10-14(5-6-16(15)11-17)12-23-20(25)18-13-22-19-4-2-3-9-24(19)21(18)26/h2-11,13H,12H2,1H3,(H,23,25). The van der Waals surface area contributed by atoms with E-state index in [9.17, 15) is 9.59 Å². The molecular formula is C21H17N3O3. The van der Waals surface area contributed by atoms with Crippen LogP contribution in [0.3, 0.4) is 0 Å². The Morgan fingerprint density at radius 1 is 1.11 bits per heavy atom. The summed E-state index contributed by atoms with van der Waals surface area (Å²) in [5, 5.41) is 4.90. The van der Waals surface area contributed by atoms with Crippen molar-refractivity contribution in [1.82, 2.24) is 14.7 Å². The molecule has 0 bridgehead atoms. The molecule has 0 atom stereocenters. The monoisotopic (exact) mass is 359 g/mol. The van der Waals surface area contributed by atoms with Crippen LogP contribution in [0.2, 0.25) is 0 Å². The highest BCUT2D eigenvalue weighted by molar-refractivity contribution is 5.93. The molecule has 0 spiro atoms. The predicted molar refractivity (Wildman–Crippen MR) is 103 cm³/mol. The summed E-state index contributed by atoms with van der Waals surface area (Å²) in [6, 6.07) is 17.0. The molecule has 134 valence electrons. The number of carbonyl (C=O) groups excluding carboxylic acids is 1. The first-order valence-electron chi connectivity index (χ1n) is 8.47. The maximum atomic E-state index is 12.5. The van der Waals surface area contributed by atoms with E-state index in [1.54, 1.807) is 31.5 Å². The van der Waals surface area contributed by atoms with Crippen molar-refractivity contribution in [3.63, 3.8) is 0 Å². The van der Waals surface area contributed by atoms with E-state index >= 15 is 0 Å². The third-order valence-corrected chi connectivity index (χ3v) is 4.42. The number of ether oxygens (including phenoxy) is 1. The van der Waals surface area contributed by atoms with Crippen LogP contribution in [-0.2, 0) is 6.54 Å². The smallest absolute Gasteiger partial charge is 0.270 e. The number of methoxy groups -OCH3 is 1. The number of hydrogen-bond acceptors (Lipinski definition) is 4. The van der Waals surface area contributed by atoms with Crippen molar-refractivity contribution in [2.24, 2.45) is 0 Å². The van der Waals surface area contributed by atoms with Gasteiger partial charge in [0.05, 0.1) is 7.11 Å². The first kappa shape index (κ1) is 16.8. The maximum Gasteiger partial charge on any atom is 0.270 e. The number of aromatic nitrogens is 2. The van der Waals surface area contributed by atoms with E-state index < -0.39 is 5.91 Å². The van der Waals surface area contributed by atoms with Gasteiger partial charge in [0.25, 0.3) is 11.5 Å². The number of nitrogens with one attached hydrogen (secondary N) is 1. The average molecular weight is 359 g/mol. The second kappa shape index (κ2) is 6.92. The molecule has 0 unspecified atom stereocenters. The molecule has 2 heterocycles. The van der Waals surface area contributed by atoms with E-state index in [0.29, 0.717) is 12.2 Å². The Hall–Kier alpha value is -3.67. The minimum Gasteiger partial charge on any atom is -0.497 e. The largest absolute Gasteiger partial charge is 0.497 e. The first-order valence-corrected chi connectivity index (χ1v) is 8.47. The Morgan fingerprint density at radius 2 is 1.93 bits per heavy atom. The fourth-order valence-electron chi connectivity index (χ4n) is 2.97. The van der Waals surface area contributed by atoms with Gasteiger partial charge in [0.15, 0.2) is 0 Å². The van der Waals surface area contributed by atoms with Crippen LogP contribution in [0.4, 0.5) is 0 Å². The summed E-state index contributed by atoms with van der Waals surface area (Å²) >= 11 is 0. The summed E-state index contributed by atoms with van der Waals surface area (Å²) in [5.74, 6) is 0.355. The predicted octanol–water partition coefficient (Wildman–Crippen LogP) is 2.79. The Morgan fingerprint density at radius 3 is 2.78 bits per heavy atom. The van der Waals surface area contributed by atoms with Gasteiger partial charge in [0, 0.05) is 18.9 Å². The molecule has 0 radical (unpaired) electrons. The number of carbonyl (C=O) groups is 1. The van der Waals surface area contributed by atoms with Gasteiger partial charge in [-0.15, -0.1) is 0 Å². The number of hydrogen-bond donors (Lipinski definition) is 1. The van der Waals surface area contributed by atoms with Crippen LogP contribution < -0.4 is 15.6 Å². The van der Waals surface area contributed by atoms with E-state index in [1.165, 1.54) is 10.6 Å². The van der Waals surface area contributed by atoms with Crippen LogP contribution >= 0.6 is 0 Å². The molecule has 0 aliphatic heterocycles. The zero-order valence-corrected chi connectivity index (χ0v) is 14.7. The van der Waals surface area contributed by atoms with Gasteiger partial charge in [-0.1, -0.05) is 24.3 Å². The lowest BCUT2D eigenvalue weighted by Crippen LogP contribution is -2.31. The number of fused-ring (bicyclic) bond motifs is 2. The fraction of sp³-hybridized carbons (Fsp3) is 0.0952. The first-order chi connectivity index (χ1) is 13.2. The molecule has 0 fully saturated rings. The average Bonchev–Trinajstić information content (AvgIpc) is 2.72. The molecule has 1 N–H and O–H groups in total. The van der Waals surface area contributed by atoms with Crippen LogP contribution in [0, 0.1) is 0 Å². The molecule has 0 saturated heterocycles. The van der Waals surface area contributed by atoms with Gasteiger partial charge in [-0.2, -0.15) is 0 Å². The van der Waals surface area contributed by atoms with Gasteiger partial charge in [-0.3, -0.25) is 14.0 Å². The molecule has 2 aromatic carbocycles. The SMILES string of the molecule is COc1ccc2cc(CNC(=O)c3cnc4ccccn4c3=O)ccc2c1. The van der Waals surface area contributed by atoms with Crippen molar-refractivity contribution in [3.8, 4) is 5.75 Å². The summed E-state index contributed by atoms with van der Waals surface area (Å²) in [7, 11) is 1.63.